The number of methoxy groups -OCH3 is 1. The van der Waals surface area contributed by atoms with Crippen LogP contribution in [0.4, 0.5) is 0 Å². The summed E-state index contributed by atoms with van der Waals surface area (Å²) in [5.41, 5.74) is 0.208. The highest BCUT2D eigenvalue weighted by atomic mass is 35.5. The van der Waals surface area contributed by atoms with Crippen LogP contribution >= 0.6 is 22.9 Å². The molecule has 0 aliphatic heterocycles. The molecule has 0 fully saturated rings. The summed E-state index contributed by atoms with van der Waals surface area (Å²) >= 11 is 6.75. The second-order valence-corrected chi connectivity index (χ2v) is 5.97. The molecule has 0 unspecified atom stereocenters. The molecule has 0 saturated carbocycles. The van der Waals surface area contributed by atoms with Crippen LogP contribution in [0, 0.1) is 0 Å². The van der Waals surface area contributed by atoms with Gasteiger partial charge in [0.25, 0.3) is 11.8 Å². The van der Waals surface area contributed by atoms with Crippen LogP contribution in [-0.2, 0) is 9.53 Å². The van der Waals surface area contributed by atoms with Crippen molar-refractivity contribution in [3.8, 4) is 5.75 Å². The van der Waals surface area contributed by atoms with Gasteiger partial charge in [0.2, 0.25) is 0 Å². The van der Waals surface area contributed by atoms with E-state index in [0.29, 0.717) is 10.1 Å². The van der Waals surface area contributed by atoms with Crippen LogP contribution in [0.15, 0.2) is 36.4 Å². The van der Waals surface area contributed by atoms with Gasteiger partial charge in [0.15, 0.2) is 6.61 Å². The Hall–Kier alpha value is -2.38. The number of para-hydroxylation sites is 1. The number of rotatable bonds is 5. The van der Waals surface area contributed by atoms with Crippen molar-refractivity contribution in [2.75, 3.05) is 13.7 Å². The largest absolute Gasteiger partial charge is 0.496 e. The van der Waals surface area contributed by atoms with E-state index >= 15 is 0 Å². The maximum Gasteiger partial charge on any atom is 0.348 e. The molecule has 0 saturated heterocycles. The Bertz CT molecular complexity index is 743. The number of imide groups is 1. The number of hydrogen-bond acceptors (Lipinski definition) is 6. The third kappa shape index (κ3) is 4.54. The maximum atomic E-state index is 12.0. The highest BCUT2D eigenvalue weighted by Crippen LogP contribution is 2.22. The zero-order valence-electron chi connectivity index (χ0n) is 12.0. The first kappa shape index (κ1) is 17.0. The van der Waals surface area contributed by atoms with Gasteiger partial charge in [-0.2, -0.15) is 0 Å². The van der Waals surface area contributed by atoms with E-state index in [-0.39, 0.29) is 10.4 Å². The molecule has 1 N–H and O–H groups in total. The normalized spacial score (nSPS) is 10.0. The van der Waals surface area contributed by atoms with Gasteiger partial charge in [0, 0.05) is 0 Å². The molecule has 6 nitrogen and oxygen atoms in total. The third-order valence-electron chi connectivity index (χ3n) is 2.71. The molecule has 0 aliphatic rings. The molecule has 23 heavy (non-hydrogen) atoms. The van der Waals surface area contributed by atoms with Gasteiger partial charge >= 0.3 is 5.97 Å². The van der Waals surface area contributed by atoms with Gasteiger partial charge in [0.1, 0.15) is 10.6 Å². The van der Waals surface area contributed by atoms with Crippen LogP contribution in [0.25, 0.3) is 0 Å². The lowest BCUT2D eigenvalue weighted by molar-refractivity contribution is -0.123. The first-order valence-corrected chi connectivity index (χ1v) is 7.60. The summed E-state index contributed by atoms with van der Waals surface area (Å²) in [6.07, 6.45) is 0. The molecule has 0 atom stereocenters. The van der Waals surface area contributed by atoms with Gasteiger partial charge in [-0.1, -0.05) is 23.7 Å². The van der Waals surface area contributed by atoms with E-state index in [1.165, 1.54) is 19.2 Å². The Morgan fingerprint density at radius 2 is 1.91 bits per heavy atom. The number of carbonyl (C=O) groups is 3. The Balaban J connectivity index is 1.89. The highest BCUT2D eigenvalue weighted by molar-refractivity contribution is 7.17. The van der Waals surface area contributed by atoms with Crippen LogP contribution < -0.4 is 10.1 Å². The van der Waals surface area contributed by atoms with Gasteiger partial charge in [-0.05, 0) is 24.3 Å². The number of nitrogens with one attached hydrogen (secondary N) is 1. The summed E-state index contributed by atoms with van der Waals surface area (Å²) in [6, 6.07) is 9.50. The van der Waals surface area contributed by atoms with Gasteiger partial charge in [-0.15, -0.1) is 11.3 Å². The predicted octanol–water partition coefficient (Wildman–Crippen LogP) is 2.52. The Morgan fingerprint density at radius 1 is 1.17 bits per heavy atom. The van der Waals surface area contributed by atoms with Crippen LogP contribution in [0.5, 0.6) is 5.75 Å². The van der Waals surface area contributed by atoms with E-state index in [2.05, 4.69) is 5.32 Å². The standard InChI is InChI=1S/C15H12ClNO5S/c1-21-10-5-3-2-4-9(10)14(19)17-13(18)8-22-15(20)11-6-7-12(16)23-11/h2-7H,8H2,1H3,(H,17,18,19). The average Bonchev–Trinajstić information content (AvgIpc) is 2.99. The minimum atomic E-state index is -0.739. The molecule has 0 spiro atoms. The van der Waals surface area contributed by atoms with Gasteiger partial charge in [-0.3, -0.25) is 14.9 Å². The average molecular weight is 354 g/mol. The van der Waals surface area contributed by atoms with Gasteiger partial charge in [0.05, 0.1) is 17.0 Å². The molecule has 2 rings (SSSR count). The van der Waals surface area contributed by atoms with Crippen LogP contribution in [0.3, 0.4) is 0 Å². The van der Waals surface area contributed by atoms with Crippen molar-refractivity contribution in [2.24, 2.45) is 0 Å². The van der Waals surface area contributed by atoms with Crippen molar-refractivity contribution in [3.63, 3.8) is 0 Å². The second kappa shape index (κ2) is 7.75. The van der Waals surface area contributed by atoms with Crippen molar-refractivity contribution < 1.29 is 23.9 Å². The molecule has 0 bridgehead atoms. The molecular formula is C15H12ClNO5S. The third-order valence-corrected chi connectivity index (χ3v) is 3.92. The number of benzene rings is 1. The van der Waals surface area contributed by atoms with Crippen molar-refractivity contribution in [2.45, 2.75) is 0 Å². The molecule has 2 amide bonds. The number of halogens is 1. The number of carbonyl (C=O) groups excluding carboxylic acids is 3. The minimum absolute atomic E-state index is 0.208. The van der Waals surface area contributed by atoms with Crippen molar-refractivity contribution in [3.05, 3.63) is 51.2 Å². The SMILES string of the molecule is COc1ccccc1C(=O)NC(=O)COC(=O)c1ccc(Cl)s1. The molecular weight excluding hydrogens is 342 g/mol. The quantitative estimate of drug-likeness (QED) is 0.835. The molecule has 1 heterocycles. The Morgan fingerprint density at radius 3 is 2.57 bits per heavy atom. The summed E-state index contributed by atoms with van der Waals surface area (Å²) in [4.78, 5) is 35.6. The van der Waals surface area contributed by atoms with Crippen molar-refractivity contribution in [1.82, 2.24) is 5.32 Å². The van der Waals surface area contributed by atoms with Gasteiger partial charge < -0.3 is 9.47 Å². The lowest BCUT2D eigenvalue weighted by Crippen LogP contribution is -2.34. The molecule has 2 aromatic rings. The summed E-state index contributed by atoms with van der Waals surface area (Å²) in [5, 5.41) is 2.13. The lowest BCUT2D eigenvalue weighted by Gasteiger charge is -2.08. The zero-order chi connectivity index (χ0) is 16.8. The van der Waals surface area contributed by atoms with E-state index in [1.54, 1.807) is 24.3 Å². The minimum Gasteiger partial charge on any atom is -0.496 e. The number of amides is 2. The summed E-state index contributed by atoms with van der Waals surface area (Å²) < 4.78 is 10.3. The Labute approximate surface area is 141 Å². The first-order chi connectivity index (χ1) is 11.0. The van der Waals surface area contributed by atoms with E-state index < -0.39 is 24.4 Å². The highest BCUT2D eigenvalue weighted by Gasteiger charge is 2.17. The predicted molar refractivity (Wildman–Crippen MR) is 85.1 cm³/mol. The number of hydrogen-bond donors (Lipinski definition) is 1. The Kier molecular flexibility index (Phi) is 5.72. The molecule has 0 radical (unpaired) electrons. The summed E-state index contributed by atoms with van der Waals surface area (Å²) in [5.74, 6) is -1.72. The number of esters is 1. The van der Waals surface area contributed by atoms with Gasteiger partial charge in [-0.25, -0.2) is 4.79 Å². The van der Waals surface area contributed by atoms with E-state index in [0.717, 1.165) is 11.3 Å². The second-order valence-electron chi connectivity index (χ2n) is 4.26. The first-order valence-electron chi connectivity index (χ1n) is 6.41. The fourth-order valence-corrected chi connectivity index (χ4v) is 2.63. The van der Waals surface area contributed by atoms with E-state index in [4.69, 9.17) is 21.1 Å². The van der Waals surface area contributed by atoms with Crippen molar-refractivity contribution in [1.29, 1.82) is 0 Å². The fraction of sp³-hybridized carbons (Fsp3) is 0.133. The molecule has 8 heteroatoms. The lowest BCUT2D eigenvalue weighted by atomic mass is 10.2. The van der Waals surface area contributed by atoms with Crippen LogP contribution in [0.2, 0.25) is 4.34 Å². The molecule has 0 aliphatic carbocycles. The monoisotopic (exact) mass is 353 g/mol. The fourth-order valence-electron chi connectivity index (χ4n) is 1.69. The number of ether oxygens (including phenoxy) is 2. The molecule has 120 valence electrons. The van der Waals surface area contributed by atoms with Crippen LogP contribution in [0.1, 0.15) is 20.0 Å². The van der Waals surface area contributed by atoms with Crippen molar-refractivity contribution >= 4 is 40.7 Å². The zero-order valence-corrected chi connectivity index (χ0v) is 13.6. The van der Waals surface area contributed by atoms with E-state index in [1.807, 2.05) is 0 Å². The number of thiophene rings is 1. The maximum absolute atomic E-state index is 12.0. The van der Waals surface area contributed by atoms with Crippen LogP contribution in [-0.4, -0.2) is 31.5 Å². The summed E-state index contributed by atoms with van der Waals surface area (Å²) in [6.45, 7) is -0.574. The smallest absolute Gasteiger partial charge is 0.348 e. The topological polar surface area (TPSA) is 81.7 Å². The molecule has 1 aromatic carbocycles. The molecule has 1 aromatic heterocycles. The summed E-state index contributed by atoms with van der Waals surface area (Å²) in [7, 11) is 1.42. The van der Waals surface area contributed by atoms with E-state index in [9.17, 15) is 14.4 Å².